The van der Waals surface area contributed by atoms with Crippen LogP contribution in [0.2, 0.25) is 0 Å². The molecule has 0 amide bonds. The van der Waals surface area contributed by atoms with E-state index < -0.39 is 0 Å². The van der Waals surface area contributed by atoms with Crippen molar-refractivity contribution in [2.75, 3.05) is 0 Å². The fourth-order valence-electron chi connectivity index (χ4n) is 3.68. The van der Waals surface area contributed by atoms with Gasteiger partial charge in [-0.05, 0) is 54.9 Å². The Balaban J connectivity index is 2.47. The van der Waals surface area contributed by atoms with Gasteiger partial charge in [-0.25, -0.2) is 0 Å². The second-order valence-corrected chi connectivity index (χ2v) is 9.05. The van der Waals surface area contributed by atoms with Gasteiger partial charge in [-0.3, -0.25) is 0 Å². The van der Waals surface area contributed by atoms with Gasteiger partial charge >= 0.3 is 0 Å². The Labute approximate surface area is 167 Å². The van der Waals surface area contributed by atoms with Crippen molar-refractivity contribution in [1.29, 1.82) is 0 Å². The molecule has 0 aromatic heterocycles. The van der Waals surface area contributed by atoms with Crippen molar-refractivity contribution in [3.8, 4) is 11.8 Å². The second-order valence-electron chi connectivity index (χ2n) is 9.05. The second kappa shape index (κ2) is 8.35. The molecule has 0 heteroatoms. The molecule has 0 fully saturated rings. The molecule has 2 aromatic rings. The van der Waals surface area contributed by atoms with Crippen molar-refractivity contribution in [3.05, 3.63) is 70.3 Å². The maximum absolute atomic E-state index is 3.46. The summed E-state index contributed by atoms with van der Waals surface area (Å²) in [5.41, 5.74) is 6.87. The molecule has 27 heavy (non-hydrogen) atoms. The third-order valence-electron chi connectivity index (χ3n) is 6.28. The Morgan fingerprint density at radius 2 is 1.52 bits per heavy atom. The van der Waals surface area contributed by atoms with E-state index >= 15 is 0 Å². The molecule has 1 unspecified atom stereocenters. The van der Waals surface area contributed by atoms with Crippen LogP contribution in [0.15, 0.2) is 42.5 Å². The molecule has 2 rings (SSSR count). The van der Waals surface area contributed by atoms with Gasteiger partial charge in [-0.15, -0.1) is 0 Å². The first-order valence-electron chi connectivity index (χ1n) is 10.3. The molecular formula is C27H36. The van der Waals surface area contributed by atoms with Crippen LogP contribution in [-0.4, -0.2) is 0 Å². The highest BCUT2D eigenvalue weighted by Crippen LogP contribution is 2.39. The highest BCUT2D eigenvalue weighted by Gasteiger charge is 2.31. The first kappa shape index (κ1) is 21.3. The summed E-state index contributed by atoms with van der Waals surface area (Å²) in [6, 6.07) is 15.9. The SMILES string of the molecule is CCC(CC)(c1cccc(C)c1)c1ccc(C#CC(C)C(C)(C)C)c(C)c1. The fourth-order valence-corrected chi connectivity index (χ4v) is 3.68. The van der Waals surface area contributed by atoms with Crippen LogP contribution in [-0.2, 0) is 5.41 Å². The average Bonchev–Trinajstić information content (AvgIpc) is 2.61. The fraction of sp³-hybridized carbons (Fsp3) is 0.481. The van der Waals surface area contributed by atoms with Crippen LogP contribution in [0, 0.1) is 37.0 Å². The Morgan fingerprint density at radius 3 is 2.04 bits per heavy atom. The zero-order valence-electron chi connectivity index (χ0n) is 18.5. The van der Waals surface area contributed by atoms with E-state index in [1.54, 1.807) is 0 Å². The number of benzene rings is 2. The van der Waals surface area contributed by atoms with Crippen LogP contribution in [0.25, 0.3) is 0 Å². The summed E-state index contributed by atoms with van der Waals surface area (Å²) in [6.07, 6.45) is 2.19. The molecule has 0 nitrogen and oxygen atoms in total. The molecule has 0 bridgehead atoms. The number of hydrogen-bond acceptors (Lipinski definition) is 0. The summed E-state index contributed by atoms with van der Waals surface area (Å²) < 4.78 is 0. The highest BCUT2D eigenvalue weighted by atomic mass is 14.3. The van der Waals surface area contributed by atoms with Gasteiger partial charge in [-0.1, -0.05) is 95.3 Å². The van der Waals surface area contributed by atoms with Crippen molar-refractivity contribution in [3.63, 3.8) is 0 Å². The maximum Gasteiger partial charge on any atom is 0.0274 e. The zero-order chi connectivity index (χ0) is 20.2. The number of hydrogen-bond donors (Lipinski definition) is 0. The molecular weight excluding hydrogens is 324 g/mol. The monoisotopic (exact) mass is 360 g/mol. The minimum atomic E-state index is 0.0709. The molecule has 0 heterocycles. The third-order valence-corrected chi connectivity index (χ3v) is 6.28. The van der Waals surface area contributed by atoms with Gasteiger partial charge in [0.15, 0.2) is 0 Å². The van der Waals surface area contributed by atoms with Crippen LogP contribution < -0.4 is 0 Å². The molecule has 0 aliphatic rings. The summed E-state index contributed by atoms with van der Waals surface area (Å²) in [5.74, 6) is 7.26. The van der Waals surface area contributed by atoms with Gasteiger partial charge in [-0.2, -0.15) is 0 Å². The zero-order valence-corrected chi connectivity index (χ0v) is 18.5. The van der Waals surface area contributed by atoms with E-state index in [1.807, 2.05) is 0 Å². The molecule has 0 saturated carbocycles. The maximum atomic E-state index is 3.46. The van der Waals surface area contributed by atoms with Gasteiger partial charge in [0, 0.05) is 16.9 Å². The molecule has 0 N–H and O–H groups in total. The van der Waals surface area contributed by atoms with Crippen molar-refractivity contribution in [2.24, 2.45) is 11.3 Å². The van der Waals surface area contributed by atoms with E-state index in [0.29, 0.717) is 5.92 Å². The predicted molar refractivity (Wildman–Crippen MR) is 119 cm³/mol. The Morgan fingerprint density at radius 1 is 0.889 bits per heavy atom. The Kier molecular flexibility index (Phi) is 6.59. The summed E-state index contributed by atoms with van der Waals surface area (Å²) in [4.78, 5) is 0. The number of rotatable bonds is 4. The van der Waals surface area contributed by atoms with E-state index in [-0.39, 0.29) is 10.8 Å². The Bertz CT molecular complexity index is 832. The standard InChI is InChI=1S/C27H36/c1-9-27(10-2,24-13-11-12-20(3)18-24)25-17-16-23(21(4)19-25)15-14-22(5)26(6,7)8/h11-13,16-19,22H,9-10H2,1-8H3. The summed E-state index contributed by atoms with van der Waals surface area (Å²) in [7, 11) is 0. The topological polar surface area (TPSA) is 0 Å². The highest BCUT2D eigenvalue weighted by molar-refractivity contribution is 5.48. The Hall–Kier alpha value is -2.00. The largest absolute Gasteiger partial charge is 0.0942 e. The van der Waals surface area contributed by atoms with E-state index in [9.17, 15) is 0 Å². The van der Waals surface area contributed by atoms with E-state index in [0.717, 1.165) is 18.4 Å². The summed E-state index contributed by atoms with van der Waals surface area (Å²) in [5, 5.41) is 0. The van der Waals surface area contributed by atoms with Gasteiger partial charge in [0.25, 0.3) is 0 Å². The van der Waals surface area contributed by atoms with Gasteiger partial charge in [0.1, 0.15) is 0 Å². The van der Waals surface area contributed by atoms with Gasteiger partial charge in [0.2, 0.25) is 0 Å². The lowest BCUT2D eigenvalue weighted by Gasteiger charge is -2.34. The van der Waals surface area contributed by atoms with Crippen LogP contribution >= 0.6 is 0 Å². The lowest BCUT2D eigenvalue weighted by atomic mass is 9.70. The van der Waals surface area contributed by atoms with E-state index in [2.05, 4.69) is 110 Å². The van der Waals surface area contributed by atoms with Crippen LogP contribution in [0.5, 0.6) is 0 Å². The normalized spacial score (nSPS) is 13.0. The average molecular weight is 361 g/mol. The van der Waals surface area contributed by atoms with Crippen LogP contribution in [0.1, 0.15) is 82.2 Å². The van der Waals surface area contributed by atoms with Crippen molar-refractivity contribution in [1.82, 2.24) is 0 Å². The lowest BCUT2D eigenvalue weighted by molar-refractivity contribution is 0.324. The third kappa shape index (κ3) is 4.65. The summed E-state index contributed by atoms with van der Waals surface area (Å²) in [6.45, 7) is 18.0. The molecule has 0 spiro atoms. The van der Waals surface area contributed by atoms with Crippen LogP contribution in [0.4, 0.5) is 0 Å². The smallest absolute Gasteiger partial charge is 0.0274 e. The molecule has 0 aliphatic heterocycles. The molecule has 0 aliphatic carbocycles. The molecule has 1 atom stereocenters. The first-order valence-corrected chi connectivity index (χ1v) is 10.3. The summed E-state index contributed by atoms with van der Waals surface area (Å²) >= 11 is 0. The van der Waals surface area contributed by atoms with E-state index in [1.165, 1.54) is 22.3 Å². The molecule has 2 aromatic carbocycles. The van der Waals surface area contributed by atoms with E-state index in [4.69, 9.17) is 0 Å². The predicted octanol–water partition coefficient (Wildman–Crippen LogP) is 7.44. The van der Waals surface area contributed by atoms with Crippen LogP contribution in [0.3, 0.4) is 0 Å². The minimum Gasteiger partial charge on any atom is -0.0942 e. The quantitative estimate of drug-likeness (QED) is 0.497. The van der Waals surface area contributed by atoms with Gasteiger partial charge in [0.05, 0.1) is 0 Å². The van der Waals surface area contributed by atoms with Crippen molar-refractivity contribution < 1.29 is 0 Å². The molecule has 0 saturated heterocycles. The van der Waals surface area contributed by atoms with Crippen molar-refractivity contribution in [2.45, 2.75) is 73.6 Å². The minimum absolute atomic E-state index is 0.0709. The van der Waals surface area contributed by atoms with Crippen molar-refractivity contribution >= 4 is 0 Å². The first-order chi connectivity index (χ1) is 12.6. The van der Waals surface area contributed by atoms with Gasteiger partial charge < -0.3 is 0 Å². The molecule has 144 valence electrons. The number of aryl methyl sites for hydroxylation is 2. The molecule has 0 radical (unpaired) electrons. The lowest BCUT2D eigenvalue weighted by Crippen LogP contribution is -2.26.